The van der Waals surface area contributed by atoms with E-state index in [1.807, 2.05) is 35.8 Å². The maximum Gasteiger partial charge on any atom is 0.204 e. The van der Waals surface area contributed by atoms with E-state index in [-0.39, 0.29) is 5.82 Å². The number of fused-ring (bicyclic) bond motifs is 1. The van der Waals surface area contributed by atoms with Crippen molar-refractivity contribution in [3.05, 3.63) is 53.8 Å². The third-order valence-corrected chi connectivity index (χ3v) is 4.67. The molecular weight excluding hydrogens is 313 g/mol. The Morgan fingerprint density at radius 3 is 2.61 bits per heavy atom. The summed E-state index contributed by atoms with van der Waals surface area (Å²) in [5.41, 5.74) is 2.62. The van der Waals surface area contributed by atoms with Crippen LogP contribution < -0.4 is 5.32 Å². The van der Waals surface area contributed by atoms with Gasteiger partial charge in [0.2, 0.25) is 5.95 Å². The molecule has 0 bridgehead atoms. The van der Waals surface area contributed by atoms with E-state index in [4.69, 9.17) is 0 Å². The minimum atomic E-state index is -0.967. The number of halogens is 1. The first kappa shape index (κ1) is 15.7. The molecule has 1 heterocycles. The molecular formula is C17H18FN3OS. The van der Waals surface area contributed by atoms with E-state index in [0.717, 1.165) is 28.5 Å². The van der Waals surface area contributed by atoms with E-state index in [1.165, 1.54) is 12.1 Å². The van der Waals surface area contributed by atoms with Gasteiger partial charge in [0, 0.05) is 41.1 Å². The molecule has 1 N–H and O–H groups in total. The first-order valence-electron chi connectivity index (χ1n) is 7.40. The fourth-order valence-electron chi connectivity index (χ4n) is 2.54. The lowest BCUT2D eigenvalue weighted by Gasteiger charge is -2.09. The molecule has 1 aromatic heterocycles. The summed E-state index contributed by atoms with van der Waals surface area (Å²) in [6, 6.07) is 12.3. The molecule has 0 fully saturated rings. The van der Waals surface area contributed by atoms with Crippen LogP contribution in [0.15, 0.2) is 47.4 Å². The number of aryl methyl sites for hydroxylation is 1. The minimum Gasteiger partial charge on any atom is -0.352 e. The predicted octanol–water partition coefficient (Wildman–Crippen LogP) is 3.54. The van der Waals surface area contributed by atoms with Gasteiger partial charge in [0.25, 0.3) is 0 Å². The van der Waals surface area contributed by atoms with Crippen LogP contribution >= 0.6 is 0 Å². The molecule has 23 heavy (non-hydrogen) atoms. The molecule has 2 aromatic carbocycles. The lowest BCUT2D eigenvalue weighted by Crippen LogP contribution is -2.06. The highest BCUT2D eigenvalue weighted by Gasteiger charge is 2.10. The highest BCUT2D eigenvalue weighted by molar-refractivity contribution is 7.84. The molecule has 3 aromatic rings. The quantitative estimate of drug-likeness (QED) is 0.778. The molecule has 0 unspecified atom stereocenters. The molecule has 0 saturated heterocycles. The van der Waals surface area contributed by atoms with Gasteiger partial charge in [0.05, 0.1) is 11.0 Å². The van der Waals surface area contributed by atoms with Crippen molar-refractivity contribution in [2.75, 3.05) is 11.6 Å². The van der Waals surface area contributed by atoms with Crippen molar-refractivity contribution in [2.24, 2.45) is 0 Å². The summed E-state index contributed by atoms with van der Waals surface area (Å²) in [6.45, 7) is 3.38. The summed E-state index contributed by atoms with van der Waals surface area (Å²) in [5, 5.41) is 3.29. The average Bonchev–Trinajstić information content (AvgIpc) is 2.89. The highest BCUT2D eigenvalue weighted by atomic mass is 32.2. The molecule has 0 radical (unpaired) electrons. The van der Waals surface area contributed by atoms with Crippen LogP contribution in [0, 0.1) is 5.82 Å². The third-order valence-electron chi connectivity index (χ3n) is 3.73. The Labute approximate surface area is 136 Å². The van der Waals surface area contributed by atoms with Gasteiger partial charge in [-0.05, 0) is 36.8 Å². The lowest BCUT2D eigenvalue weighted by molar-refractivity contribution is 0.629. The molecule has 120 valence electrons. The van der Waals surface area contributed by atoms with Crippen LogP contribution in [0.25, 0.3) is 11.0 Å². The van der Waals surface area contributed by atoms with Gasteiger partial charge in [-0.15, -0.1) is 0 Å². The summed E-state index contributed by atoms with van der Waals surface area (Å²) in [7, 11) is -0.967. The van der Waals surface area contributed by atoms with Crippen LogP contribution in [-0.4, -0.2) is 20.0 Å². The summed E-state index contributed by atoms with van der Waals surface area (Å²) in [5.74, 6) is 0.434. The minimum absolute atomic E-state index is 0.284. The van der Waals surface area contributed by atoms with E-state index in [1.54, 1.807) is 12.3 Å². The van der Waals surface area contributed by atoms with E-state index in [2.05, 4.69) is 10.3 Å². The van der Waals surface area contributed by atoms with Gasteiger partial charge >= 0.3 is 0 Å². The Hall–Kier alpha value is -2.21. The molecule has 4 nitrogen and oxygen atoms in total. The monoisotopic (exact) mass is 331 g/mol. The molecule has 0 saturated carbocycles. The predicted molar refractivity (Wildman–Crippen MR) is 91.5 cm³/mol. The molecule has 3 rings (SSSR count). The van der Waals surface area contributed by atoms with Crippen LogP contribution in [0.5, 0.6) is 0 Å². The molecule has 1 atom stereocenters. The van der Waals surface area contributed by atoms with Crippen LogP contribution in [0.3, 0.4) is 0 Å². The van der Waals surface area contributed by atoms with E-state index in [0.29, 0.717) is 12.1 Å². The topological polar surface area (TPSA) is 46.9 Å². The molecule has 0 spiro atoms. The van der Waals surface area contributed by atoms with Crippen molar-refractivity contribution >= 4 is 27.8 Å². The van der Waals surface area contributed by atoms with Gasteiger partial charge in [-0.2, -0.15) is 0 Å². The second-order valence-electron chi connectivity index (χ2n) is 5.26. The Morgan fingerprint density at radius 1 is 1.22 bits per heavy atom. The number of hydrogen-bond donors (Lipinski definition) is 1. The van der Waals surface area contributed by atoms with Crippen LogP contribution in [-0.2, 0) is 23.9 Å². The zero-order chi connectivity index (χ0) is 16.4. The summed E-state index contributed by atoms with van der Waals surface area (Å²) in [4.78, 5) is 5.28. The van der Waals surface area contributed by atoms with Gasteiger partial charge in [-0.1, -0.05) is 12.1 Å². The van der Waals surface area contributed by atoms with Crippen LogP contribution in [0.4, 0.5) is 10.3 Å². The zero-order valence-electron chi connectivity index (χ0n) is 13.0. The molecule has 0 aliphatic heterocycles. The van der Waals surface area contributed by atoms with E-state index < -0.39 is 10.8 Å². The van der Waals surface area contributed by atoms with Gasteiger partial charge in [0.1, 0.15) is 5.82 Å². The van der Waals surface area contributed by atoms with Gasteiger partial charge in [-0.3, -0.25) is 4.21 Å². The Balaban J connectivity index is 1.82. The number of aromatic nitrogens is 2. The van der Waals surface area contributed by atoms with Crippen molar-refractivity contribution in [1.29, 1.82) is 0 Å². The Kier molecular flexibility index (Phi) is 4.43. The average molecular weight is 331 g/mol. The van der Waals surface area contributed by atoms with Gasteiger partial charge in [0.15, 0.2) is 0 Å². The number of benzene rings is 2. The van der Waals surface area contributed by atoms with Crippen LogP contribution in [0.2, 0.25) is 0 Å². The summed E-state index contributed by atoms with van der Waals surface area (Å²) in [6.07, 6.45) is 1.66. The highest BCUT2D eigenvalue weighted by Crippen LogP contribution is 2.21. The third kappa shape index (κ3) is 3.27. The fraction of sp³-hybridized carbons (Fsp3) is 0.235. The standard InChI is InChI=1S/C17H18FN3OS/c1-3-21-16-9-6-13(18)10-15(16)20-17(21)19-11-12-4-7-14(8-5-12)23(2)22/h4-10H,3,11H2,1-2H3,(H,19,20)/t23-/m0/s1. The number of rotatable bonds is 5. The number of imidazole rings is 1. The van der Waals surface area contributed by atoms with Crippen molar-refractivity contribution in [3.63, 3.8) is 0 Å². The van der Waals surface area contributed by atoms with Crippen molar-refractivity contribution in [3.8, 4) is 0 Å². The number of anilines is 1. The lowest BCUT2D eigenvalue weighted by atomic mass is 10.2. The van der Waals surface area contributed by atoms with Gasteiger partial charge < -0.3 is 9.88 Å². The summed E-state index contributed by atoms with van der Waals surface area (Å²) < 4.78 is 26.8. The number of hydrogen-bond acceptors (Lipinski definition) is 3. The molecule has 0 amide bonds. The van der Waals surface area contributed by atoms with Crippen molar-refractivity contribution in [2.45, 2.75) is 24.9 Å². The smallest absolute Gasteiger partial charge is 0.204 e. The summed E-state index contributed by atoms with van der Waals surface area (Å²) >= 11 is 0. The maximum absolute atomic E-state index is 13.3. The second kappa shape index (κ2) is 6.50. The zero-order valence-corrected chi connectivity index (χ0v) is 13.9. The normalized spacial score (nSPS) is 12.5. The Morgan fingerprint density at radius 2 is 1.96 bits per heavy atom. The van der Waals surface area contributed by atoms with E-state index in [9.17, 15) is 8.60 Å². The molecule has 0 aliphatic rings. The molecule has 0 aliphatic carbocycles. The maximum atomic E-state index is 13.3. The van der Waals surface area contributed by atoms with Crippen molar-refractivity contribution < 1.29 is 8.60 Å². The number of nitrogens with one attached hydrogen (secondary N) is 1. The van der Waals surface area contributed by atoms with Crippen molar-refractivity contribution in [1.82, 2.24) is 9.55 Å². The largest absolute Gasteiger partial charge is 0.352 e. The van der Waals surface area contributed by atoms with Gasteiger partial charge in [-0.25, -0.2) is 9.37 Å². The molecule has 6 heteroatoms. The first-order chi connectivity index (χ1) is 11.1. The Bertz CT molecular complexity index is 858. The SMILES string of the molecule is CCn1c(NCc2ccc([S@](C)=O)cc2)nc2cc(F)ccc21. The fourth-order valence-corrected chi connectivity index (χ4v) is 3.06. The second-order valence-corrected chi connectivity index (χ2v) is 6.64. The first-order valence-corrected chi connectivity index (χ1v) is 8.96. The van der Waals surface area contributed by atoms with E-state index >= 15 is 0 Å². The number of nitrogens with zero attached hydrogens (tertiary/aromatic N) is 2. The van der Waals surface area contributed by atoms with Crippen LogP contribution in [0.1, 0.15) is 12.5 Å².